The molecular formula is C22H29N3O4. The quantitative estimate of drug-likeness (QED) is 0.743. The summed E-state index contributed by atoms with van der Waals surface area (Å²) < 4.78 is 16.9. The second-order valence-corrected chi connectivity index (χ2v) is 8.18. The van der Waals surface area contributed by atoms with Gasteiger partial charge in [-0.3, -0.25) is 4.79 Å². The molecule has 2 fully saturated rings. The van der Waals surface area contributed by atoms with Gasteiger partial charge in [-0.25, -0.2) is 0 Å². The number of benzene rings is 1. The Kier molecular flexibility index (Phi) is 6.25. The van der Waals surface area contributed by atoms with Gasteiger partial charge in [0.15, 0.2) is 5.82 Å². The summed E-state index contributed by atoms with van der Waals surface area (Å²) in [6, 6.07) is 9.92. The summed E-state index contributed by atoms with van der Waals surface area (Å²) >= 11 is 0. The Balaban J connectivity index is 1.23. The third-order valence-electron chi connectivity index (χ3n) is 6.00. The number of carbonyl (C=O) groups excluding carboxylic acids is 1. The summed E-state index contributed by atoms with van der Waals surface area (Å²) in [6.45, 7) is 4.62. The van der Waals surface area contributed by atoms with Gasteiger partial charge >= 0.3 is 0 Å². The first-order valence-corrected chi connectivity index (χ1v) is 10.4. The van der Waals surface area contributed by atoms with Gasteiger partial charge in [-0.1, -0.05) is 35.5 Å². The summed E-state index contributed by atoms with van der Waals surface area (Å²) in [4.78, 5) is 18.7. The average molecular weight is 399 g/mol. The second kappa shape index (κ2) is 9.05. The van der Waals surface area contributed by atoms with Gasteiger partial charge in [0.2, 0.25) is 11.8 Å². The number of ether oxygens (including phenoxy) is 2. The molecule has 1 atom stereocenters. The molecule has 0 saturated carbocycles. The molecule has 156 valence electrons. The van der Waals surface area contributed by atoms with Gasteiger partial charge < -0.3 is 18.9 Å². The van der Waals surface area contributed by atoms with E-state index in [-0.39, 0.29) is 18.1 Å². The van der Waals surface area contributed by atoms with Gasteiger partial charge in [0.1, 0.15) is 6.61 Å². The highest BCUT2D eigenvalue weighted by Gasteiger charge is 2.41. The van der Waals surface area contributed by atoms with Crippen LogP contribution in [0.2, 0.25) is 0 Å². The van der Waals surface area contributed by atoms with Crippen molar-refractivity contribution >= 4 is 5.91 Å². The maximum Gasteiger partial charge on any atom is 0.248 e. The standard InChI is InChI=1S/C22H29N3O4/c1-17-23-20(24-29-17)13-19-7-12-28-22(14-19)8-10-25(11-9-22)21(26)16-27-15-18-5-3-2-4-6-18/h2-6,19H,7-16H2,1H3. The Bertz CT molecular complexity index is 799. The van der Waals surface area contributed by atoms with E-state index in [1.54, 1.807) is 0 Å². The molecule has 7 heteroatoms. The van der Waals surface area contributed by atoms with Gasteiger partial charge in [-0.15, -0.1) is 0 Å². The number of hydrogen-bond acceptors (Lipinski definition) is 6. The van der Waals surface area contributed by atoms with Crippen molar-refractivity contribution in [2.24, 2.45) is 5.92 Å². The van der Waals surface area contributed by atoms with Crippen LogP contribution in [0.3, 0.4) is 0 Å². The number of likely N-dealkylation sites (tertiary alicyclic amines) is 1. The molecule has 1 aromatic carbocycles. The first-order chi connectivity index (χ1) is 14.1. The highest BCUT2D eigenvalue weighted by molar-refractivity contribution is 5.77. The molecule has 0 radical (unpaired) electrons. The molecule has 7 nitrogen and oxygen atoms in total. The summed E-state index contributed by atoms with van der Waals surface area (Å²) in [6.07, 6.45) is 4.59. The van der Waals surface area contributed by atoms with Crippen LogP contribution in [0.1, 0.15) is 43.0 Å². The van der Waals surface area contributed by atoms with Gasteiger partial charge in [-0.2, -0.15) is 4.98 Å². The molecule has 1 amide bonds. The van der Waals surface area contributed by atoms with Crippen LogP contribution in [-0.4, -0.2) is 52.9 Å². The molecule has 2 aliphatic rings. The van der Waals surface area contributed by atoms with E-state index in [1.807, 2.05) is 42.2 Å². The van der Waals surface area contributed by atoms with Crippen LogP contribution in [0.15, 0.2) is 34.9 Å². The SMILES string of the molecule is Cc1nc(CC2CCOC3(CCN(C(=O)COCc4ccccc4)CC3)C2)no1. The van der Waals surface area contributed by atoms with Crippen molar-refractivity contribution in [1.29, 1.82) is 0 Å². The normalized spacial score (nSPS) is 21.4. The third kappa shape index (κ3) is 5.22. The number of rotatable bonds is 6. The largest absolute Gasteiger partial charge is 0.375 e. The van der Waals surface area contributed by atoms with E-state index in [4.69, 9.17) is 14.0 Å². The Labute approximate surface area is 171 Å². The molecule has 1 unspecified atom stereocenters. The topological polar surface area (TPSA) is 77.7 Å². The van der Waals surface area contributed by atoms with Gasteiger partial charge in [0, 0.05) is 33.0 Å². The molecule has 1 aromatic heterocycles. The highest BCUT2D eigenvalue weighted by Crippen LogP contribution is 2.38. The minimum atomic E-state index is -0.122. The summed E-state index contributed by atoms with van der Waals surface area (Å²) in [5.41, 5.74) is 0.958. The molecule has 3 heterocycles. The number of amides is 1. The molecule has 2 aliphatic heterocycles. The van der Waals surface area contributed by atoms with Crippen LogP contribution >= 0.6 is 0 Å². The van der Waals surface area contributed by atoms with E-state index in [9.17, 15) is 4.79 Å². The monoisotopic (exact) mass is 399 g/mol. The van der Waals surface area contributed by atoms with Gasteiger partial charge in [0.05, 0.1) is 12.2 Å². The van der Waals surface area contributed by atoms with Gasteiger partial charge in [0.25, 0.3) is 0 Å². The van der Waals surface area contributed by atoms with Crippen LogP contribution in [-0.2, 0) is 27.3 Å². The van der Waals surface area contributed by atoms with Crippen molar-refractivity contribution in [3.63, 3.8) is 0 Å². The first-order valence-electron chi connectivity index (χ1n) is 10.4. The van der Waals surface area contributed by atoms with E-state index in [0.717, 1.165) is 63.2 Å². The zero-order valence-electron chi connectivity index (χ0n) is 17.0. The van der Waals surface area contributed by atoms with E-state index in [1.165, 1.54) is 0 Å². The maximum absolute atomic E-state index is 12.5. The second-order valence-electron chi connectivity index (χ2n) is 8.18. The van der Waals surface area contributed by atoms with Crippen molar-refractivity contribution in [1.82, 2.24) is 15.0 Å². The fourth-order valence-electron chi connectivity index (χ4n) is 4.42. The zero-order chi connectivity index (χ0) is 20.1. The van der Waals surface area contributed by atoms with E-state index >= 15 is 0 Å². The lowest BCUT2D eigenvalue weighted by Gasteiger charge is -2.46. The molecule has 4 rings (SSSR count). The van der Waals surface area contributed by atoms with Crippen LogP contribution < -0.4 is 0 Å². The summed E-state index contributed by atoms with van der Waals surface area (Å²) in [5, 5.41) is 4.04. The number of carbonyl (C=O) groups is 1. The molecule has 29 heavy (non-hydrogen) atoms. The van der Waals surface area contributed by atoms with E-state index in [0.29, 0.717) is 18.4 Å². The van der Waals surface area contributed by atoms with Crippen molar-refractivity contribution in [2.45, 2.75) is 51.2 Å². The molecular weight excluding hydrogens is 370 g/mol. The first kappa shape index (κ1) is 20.0. The number of hydrogen-bond donors (Lipinski definition) is 0. The van der Waals surface area contributed by atoms with Crippen LogP contribution in [0.25, 0.3) is 0 Å². The number of aryl methyl sites for hydroxylation is 1. The van der Waals surface area contributed by atoms with Crippen LogP contribution in [0.4, 0.5) is 0 Å². The minimum absolute atomic E-state index is 0.0606. The highest BCUT2D eigenvalue weighted by atomic mass is 16.5. The van der Waals surface area contributed by atoms with Crippen molar-refractivity contribution in [3.05, 3.63) is 47.6 Å². The van der Waals surface area contributed by atoms with Crippen molar-refractivity contribution in [2.75, 3.05) is 26.3 Å². The molecule has 2 aromatic rings. The fourth-order valence-corrected chi connectivity index (χ4v) is 4.42. The Morgan fingerprint density at radius 3 is 2.79 bits per heavy atom. The smallest absolute Gasteiger partial charge is 0.248 e. The predicted octanol–water partition coefficient (Wildman–Crippen LogP) is 2.93. The van der Waals surface area contributed by atoms with E-state index < -0.39 is 0 Å². The lowest BCUT2D eigenvalue weighted by atomic mass is 9.78. The molecule has 0 bridgehead atoms. The lowest BCUT2D eigenvalue weighted by molar-refractivity contribution is -0.151. The van der Waals surface area contributed by atoms with Crippen LogP contribution in [0.5, 0.6) is 0 Å². The Morgan fingerprint density at radius 1 is 1.28 bits per heavy atom. The molecule has 0 N–H and O–H groups in total. The van der Waals surface area contributed by atoms with Crippen molar-refractivity contribution in [3.8, 4) is 0 Å². The average Bonchev–Trinajstić information content (AvgIpc) is 3.14. The summed E-state index contributed by atoms with van der Waals surface area (Å²) in [5.74, 6) is 1.96. The number of aromatic nitrogens is 2. The fraction of sp³-hybridized carbons (Fsp3) is 0.591. The third-order valence-corrected chi connectivity index (χ3v) is 6.00. The minimum Gasteiger partial charge on any atom is -0.375 e. The molecule has 2 saturated heterocycles. The van der Waals surface area contributed by atoms with Crippen molar-refractivity contribution < 1.29 is 18.8 Å². The molecule has 0 aliphatic carbocycles. The van der Waals surface area contributed by atoms with Crippen LogP contribution in [0, 0.1) is 12.8 Å². The van der Waals surface area contributed by atoms with E-state index in [2.05, 4.69) is 10.1 Å². The maximum atomic E-state index is 12.5. The lowest BCUT2D eigenvalue weighted by Crippen LogP contribution is -2.51. The number of nitrogens with zero attached hydrogens (tertiary/aromatic N) is 3. The van der Waals surface area contributed by atoms with Gasteiger partial charge in [-0.05, 0) is 37.2 Å². The number of piperidine rings is 1. The Hall–Kier alpha value is -2.25. The molecule has 1 spiro atoms. The Morgan fingerprint density at radius 2 is 2.07 bits per heavy atom. The predicted molar refractivity (Wildman–Crippen MR) is 106 cm³/mol. The zero-order valence-corrected chi connectivity index (χ0v) is 17.0. The summed E-state index contributed by atoms with van der Waals surface area (Å²) in [7, 11) is 0.